The highest BCUT2D eigenvalue weighted by atomic mass is 35.5. The summed E-state index contributed by atoms with van der Waals surface area (Å²) in [7, 11) is 4.93. The van der Waals surface area contributed by atoms with E-state index in [4.69, 9.17) is 21.3 Å². The number of amides is 3. The number of ether oxygens (including phenoxy) is 1. The maximum atomic E-state index is 12.7. The Bertz CT molecular complexity index is 2250. The number of halogens is 1. The van der Waals surface area contributed by atoms with Crippen LogP contribution in [0, 0.1) is 5.92 Å². The van der Waals surface area contributed by atoms with E-state index in [2.05, 4.69) is 41.2 Å². The minimum atomic E-state index is -0.447. The van der Waals surface area contributed by atoms with E-state index in [0.717, 1.165) is 42.6 Å². The van der Waals surface area contributed by atoms with Gasteiger partial charge in [-0.1, -0.05) is 11.6 Å². The zero-order chi connectivity index (χ0) is 35.8. The molecular formula is C34H36ClN11O5. The van der Waals surface area contributed by atoms with Crippen molar-refractivity contribution in [2.75, 3.05) is 48.8 Å². The molecule has 7 rings (SSSR count). The number of aromatic nitrogens is 6. The third kappa shape index (κ3) is 6.86. The SMILES string of the molecule is CNC(=O)COc1cc2cc(Nc3nc(N4CC[C@H](CNc5ccc6c(C7CCC(=O)NC7=O)nn(C)c6c5)C4)ncc3Cl)cnc2n(C)c1=O. The summed E-state index contributed by atoms with van der Waals surface area (Å²) in [6.07, 6.45) is 4.84. The molecule has 0 aliphatic carbocycles. The molecule has 0 saturated carbocycles. The number of hydrogen-bond donors (Lipinski definition) is 4. The van der Waals surface area contributed by atoms with E-state index in [-0.39, 0.29) is 30.1 Å². The van der Waals surface area contributed by atoms with Crippen LogP contribution in [-0.2, 0) is 28.5 Å². The lowest BCUT2D eigenvalue weighted by Crippen LogP contribution is -2.39. The van der Waals surface area contributed by atoms with E-state index in [9.17, 15) is 19.2 Å². The molecule has 0 bridgehead atoms. The normalized spacial score (nSPS) is 17.5. The van der Waals surface area contributed by atoms with Crippen molar-refractivity contribution < 1.29 is 19.1 Å². The van der Waals surface area contributed by atoms with E-state index >= 15 is 0 Å². The Kier molecular flexibility index (Phi) is 9.16. The average Bonchev–Trinajstić information content (AvgIpc) is 3.73. The lowest BCUT2D eigenvalue weighted by atomic mass is 9.93. The van der Waals surface area contributed by atoms with E-state index < -0.39 is 11.5 Å². The molecular weight excluding hydrogens is 678 g/mol. The van der Waals surface area contributed by atoms with Gasteiger partial charge in [-0.05, 0) is 49.1 Å². The molecule has 4 aromatic heterocycles. The second-order valence-corrected chi connectivity index (χ2v) is 13.1. The molecule has 264 valence electrons. The van der Waals surface area contributed by atoms with Crippen LogP contribution in [0.15, 0.2) is 47.5 Å². The van der Waals surface area contributed by atoms with Gasteiger partial charge in [0.1, 0.15) is 10.7 Å². The largest absolute Gasteiger partial charge is 0.478 e. The highest BCUT2D eigenvalue weighted by Gasteiger charge is 2.32. The molecule has 2 fully saturated rings. The Balaban J connectivity index is 1.01. The molecule has 0 spiro atoms. The van der Waals surface area contributed by atoms with Gasteiger partial charge < -0.3 is 25.6 Å². The Morgan fingerprint density at radius 1 is 1.08 bits per heavy atom. The molecule has 17 heteroatoms. The average molecular weight is 714 g/mol. The first-order valence-electron chi connectivity index (χ1n) is 16.5. The predicted octanol–water partition coefficient (Wildman–Crippen LogP) is 2.59. The number of likely N-dealkylation sites (N-methyl/N-ethyl adjacent to an activating group) is 1. The molecule has 2 saturated heterocycles. The highest BCUT2D eigenvalue weighted by Crippen LogP contribution is 2.32. The van der Waals surface area contributed by atoms with Crippen molar-refractivity contribution in [3.63, 3.8) is 0 Å². The van der Waals surface area contributed by atoms with Crippen molar-refractivity contribution in [3.8, 4) is 5.75 Å². The Morgan fingerprint density at radius 2 is 1.92 bits per heavy atom. The summed E-state index contributed by atoms with van der Waals surface area (Å²) in [6.45, 7) is 1.96. The van der Waals surface area contributed by atoms with Gasteiger partial charge in [-0.15, -0.1) is 0 Å². The van der Waals surface area contributed by atoms with Gasteiger partial charge in [-0.3, -0.25) is 33.7 Å². The van der Waals surface area contributed by atoms with Gasteiger partial charge >= 0.3 is 0 Å². The fraction of sp³-hybridized carbons (Fsp3) is 0.353. The molecule has 6 heterocycles. The molecule has 16 nitrogen and oxygen atoms in total. The lowest BCUT2D eigenvalue weighted by Gasteiger charge is -2.19. The number of hydrogen-bond acceptors (Lipinski definition) is 12. The number of imide groups is 1. The van der Waals surface area contributed by atoms with Crippen LogP contribution in [0.3, 0.4) is 0 Å². The molecule has 1 unspecified atom stereocenters. The summed E-state index contributed by atoms with van der Waals surface area (Å²) in [4.78, 5) is 64.3. The number of carbonyl (C=O) groups is 3. The molecule has 2 aliphatic heterocycles. The number of nitrogens with one attached hydrogen (secondary N) is 4. The number of carbonyl (C=O) groups excluding carboxylic acids is 3. The summed E-state index contributed by atoms with van der Waals surface area (Å²) in [5, 5.41) is 18.2. The van der Waals surface area contributed by atoms with E-state index in [0.29, 0.717) is 58.0 Å². The van der Waals surface area contributed by atoms with Gasteiger partial charge in [0.2, 0.25) is 17.8 Å². The molecule has 2 aliphatic rings. The van der Waals surface area contributed by atoms with Crippen molar-refractivity contribution in [1.82, 2.24) is 39.9 Å². The van der Waals surface area contributed by atoms with Gasteiger partial charge in [-0.2, -0.15) is 10.1 Å². The number of aryl methyl sites for hydroxylation is 2. The number of nitrogens with zero attached hydrogens (tertiary/aromatic N) is 7. The van der Waals surface area contributed by atoms with Gasteiger partial charge in [0, 0.05) is 63.7 Å². The van der Waals surface area contributed by atoms with Crippen LogP contribution in [0.1, 0.15) is 30.9 Å². The van der Waals surface area contributed by atoms with Crippen molar-refractivity contribution in [2.45, 2.75) is 25.2 Å². The first-order chi connectivity index (χ1) is 24.6. The third-order valence-corrected chi connectivity index (χ3v) is 9.54. The quantitative estimate of drug-likeness (QED) is 0.155. The topological polar surface area (TPSA) is 190 Å². The number of anilines is 4. The summed E-state index contributed by atoms with van der Waals surface area (Å²) in [5.41, 5.74) is 3.17. The Labute approximate surface area is 296 Å². The standard InChI is InChI=1S/C34H36ClN11O5/c1-36-28(48)17-51-26-11-19-10-21(14-38-31(19)44(2)33(26)50)40-30-24(35)15-39-34(42-30)46-9-8-18(16-46)13-37-20-4-5-22-25(12-20)45(3)43-29(22)23-6-7-27(47)41-32(23)49/h4-5,10-12,14-15,18,23,37H,6-9,13,16-17H2,1-3H3,(H,36,48)(H,39,40,42)(H,41,47,49)/t18-,23?/m1/s1. The molecule has 2 atom stereocenters. The second kappa shape index (κ2) is 13.9. The zero-order valence-corrected chi connectivity index (χ0v) is 29.0. The van der Waals surface area contributed by atoms with Crippen LogP contribution < -0.4 is 36.5 Å². The Hall–Kier alpha value is -5.77. The van der Waals surface area contributed by atoms with Gasteiger partial charge in [-0.25, -0.2) is 9.97 Å². The summed E-state index contributed by atoms with van der Waals surface area (Å²) in [6, 6.07) is 9.35. The molecule has 3 amide bonds. The van der Waals surface area contributed by atoms with Crippen molar-refractivity contribution in [3.05, 3.63) is 63.8 Å². The van der Waals surface area contributed by atoms with Crippen molar-refractivity contribution in [2.24, 2.45) is 20.0 Å². The number of benzene rings is 1. The molecule has 4 N–H and O–H groups in total. The smallest absolute Gasteiger partial charge is 0.294 e. The van der Waals surface area contributed by atoms with E-state index in [1.165, 1.54) is 11.6 Å². The minimum absolute atomic E-state index is 0.0319. The summed E-state index contributed by atoms with van der Waals surface area (Å²) >= 11 is 6.51. The van der Waals surface area contributed by atoms with Crippen LogP contribution >= 0.6 is 11.6 Å². The molecule has 0 radical (unpaired) electrons. The lowest BCUT2D eigenvalue weighted by molar-refractivity contribution is -0.134. The maximum absolute atomic E-state index is 12.7. The number of fused-ring (bicyclic) bond motifs is 2. The number of piperidine rings is 1. The molecule has 51 heavy (non-hydrogen) atoms. The maximum Gasteiger partial charge on any atom is 0.294 e. The first-order valence-corrected chi connectivity index (χ1v) is 16.9. The Morgan fingerprint density at radius 3 is 2.73 bits per heavy atom. The first kappa shape index (κ1) is 33.7. The monoisotopic (exact) mass is 713 g/mol. The second-order valence-electron chi connectivity index (χ2n) is 12.7. The van der Waals surface area contributed by atoms with E-state index in [1.54, 1.807) is 36.3 Å². The molecule has 1 aromatic carbocycles. The third-order valence-electron chi connectivity index (χ3n) is 9.26. The molecule has 5 aromatic rings. The van der Waals surface area contributed by atoms with Crippen molar-refractivity contribution >= 4 is 74.4 Å². The minimum Gasteiger partial charge on any atom is -0.478 e. The van der Waals surface area contributed by atoms with Crippen LogP contribution in [0.5, 0.6) is 5.75 Å². The number of pyridine rings is 2. The van der Waals surface area contributed by atoms with Crippen LogP contribution in [-0.4, -0.2) is 80.3 Å². The number of rotatable bonds is 10. The van der Waals surface area contributed by atoms with Crippen LogP contribution in [0.2, 0.25) is 5.02 Å². The zero-order valence-electron chi connectivity index (χ0n) is 28.2. The van der Waals surface area contributed by atoms with E-state index in [1.807, 2.05) is 25.2 Å². The van der Waals surface area contributed by atoms with Crippen LogP contribution in [0.25, 0.3) is 21.9 Å². The summed E-state index contributed by atoms with van der Waals surface area (Å²) < 4.78 is 8.60. The predicted molar refractivity (Wildman–Crippen MR) is 192 cm³/mol. The van der Waals surface area contributed by atoms with Gasteiger partial charge in [0.15, 0.2) is 18.2 Å². The highest BCUT2D eigenvalue weighted by molar-refractivity contribution is 6.32. The van der Waals surface area contributed by atoms with Crippen LogP contribution in [0.4, 0.5) is 23.1 Å². The fourth-order valence-electron chi connectivity index (χ4n) is 6.50. The van der Waals surface area contributed by atoms with Crippen molar-refractivity contribution in [1.29, 1.82) is 0 Å². The summed E-state index contributed by atoms with van der Waals surface area (Å²) in [5.74, 6) is -0.0295. The van der Waals surface area contributed by atoms with Gasteiger partial charge in [0.05, 0.1) is 35.2 Å². The fourth-order valence-corrected chi connectivity index (χ4v) is 6.64. The van der Waals surface area contributed by atoms with Gasteiger partial charge in [0.25, 0.3) is 11.5 Å².